The summed E-state index contributed by atoms with van der Waals surface area (Å²) < 4.78 is 11.0. The predicted octanol–water partition coefficient (Wildman–Crippen LogP) is 1.08. The van der Waals surface area contributed by atoms with Gasteiger partial charge in [-0.1, -0.05) is 11.6 Å². The summed E-state index contributed by atoms with van der Waals surface area (Å²) in [6.45, 7) is -0.254. The van der Waals surface area contributed by atoms with Gasteiger partial charge in [-0.2, -0.15) is 4.98 Å². The average molecular weight is 283 g/mol. The Labute approximate surface area is 114 Å². The first kappa shape index (κ1) is 13.3. The molecular weight excluding hydrogens is 272 g/mol. The van der Waals surface area contributed by atoms with Gasteiger partial charge in [0.15, 0.2) is 12.4 Å². The van der Waals surface area contributed by atoms with Crippen LogP contribution in [0, 0.1) is 0 Å². The maximum atomic E-state index is 11.0. The van der Waals surface area contributed by atoms with E-state index in [0.29, 0.717) is 16.5 Å². The fraction of sp³-hybridized carbons (Fsp3) is 0.273. The van der Waals surface area contributed by atoms with E-state index in [0.717, 1.165) is 0 Å². The maximum Gasteiger partial charge on any atom is 0.344 e. The van der Waals surface area contributed by atoms with Gasteiger partial charge in [-0.05, 0) is 12.1 Å². The molecule has 0 bridgehead atoms. The van der Waals surface area contributed by atoms with Crippen molar-refractivity contribution in [3.05, 3.63) is 23.4 Å². The molecule has 0 saturated heterocycles. The first-order valence-corrected chi connectivity index (χ1v) is 5.71. The molecule has 7 nitrogen and oxygen atoms in total. The Hall–Kier alpha value is -2.15. The van der Waals surface area contributed by atoms with Gasteiger partial charge in [0, 0.05) is 13.2 Å². The van der Waals surface area contributed by atoms with Crippen molar-refractivity contribution in [3.8, 4) is 17.5 Å². The van der Waals surface area contributed by atoms with Crippen molar-refractivity contribution in [2.75, 3.05) is 13.7 Å². The number of rotatable bonds is 4. The summed E-state index contributed by atoms with van der Waals surface area (Å²) in [5.41, 5.74) is 0.493. The molecule has 0 radical (unpaired) electrons. The summed E-state index contributed by atoms with van der Waals surface area (Å²) in [6, 6.07) is 3.48. The van der Waals surface area contributed by atoms with Gasteiger partial charge in [0.25, 0.3) is 0 Å². The third-order valence-electron chi connectivity index (χ3n) is 2.26. The molecule has 0 amide bonds. The third kappa shape index (κ3) is 3.00. The highest BCUT2D eigenvalue weighted by Gasteiger charge is 2.15. The number of halogens is 1. The van der Waals surface area contributed by atoms with Crippen LogP contribution in [0.5, 0.6) is 6.01 Å². The number of aromatic nitrogens is 4. The molecule has 0 aromatic carbocycles. The molecule has 100 valence electrons. The topological polar surface area (TPSA) is 79.1 Å². The number of aryl methyl sites for hydroxylation is 1. The van der Waals surface area contributed by atoms with E-state index < -0.39 is 5.97 Å². The Bertz CT molecular complexity index is 599. The molecule has 2 aromatic heterocycles. The van der Waals surface area contributed by atoms with Crippen molar-refractivity contribution in [3.63, 3.8) is 0 Å². The Morgan fingerprint density at radius 1 is 1.53 bits per heavy atom. The third-order valence-corrected chi connectivity index (χ3v) is 2.57. The largest absolute Gasteiger partial charge is 0.466 e. The van der Waals surface area contributed by atoms with Gasteiger partial charge in [-0.3, -0.25) is 4.98 Å². The molecule has 0 N–H and O–H groups in total. The molecule has 0 aliphatic heterocycles. The van der Waals surface area contributed by atoms with Crippen molar-refractivity contribution in [1.29, 1.82) is 0 Å². The first-order chi connectivity index (χ1) is 9.11. The summed E-state index contributed by atoms with van der Waals surface area (Å²) in [5, 5.41) is 4.47. The molecule has 0 unspecified atom stereocenters. The van der Waals surface area contributed by atoms with E-state index in [4.69, 9.17) is 16.3 Å². The molecule has 0 atom stereocenters. The summed E-state index contributed by atoms with van der Waals surface area (Å²) in [4.78, 5) is 19.2. The van der Waals surface area contributed by atoms with Gasteiger partial charge < -0.3 is 9.47 Å². The molecule has 0 fully saturated rings. The second-order valence-corrected chi connectivity index (χ2v) is 3.95. The van der Waals surface area contributed by atoms with Crippen LogP contribution in [0.4, 0.5) is 0 Å². The van der Waals surface area contributed by atoms with Crippen molar-refractivity contribution in [1.82, 2.24) is 19.7 Å². The van der Waals surface area contributed by atoms with E-state index in [-0.39, 0.29) is 12.6 Å². The summed E-state index contributed by atoms with van der Waals surface area (Å²) in [7, 11) is 2.95. The molecule has 19 heavy (non-hydrogen) atoms. The molecule has 0 saturated carbocycles. The van der Waals surface area contributed by atoms with Crippen molar-refractivity contribution < 1.29 is 14.3 Å². The van der Waals surface area contributed by atoms with Gasteiger partial charge >= 0.3 is 12.0 Å². The van der Waals surface area contributed by atoms with Crippen LogP contribution < -0.4 is 4.74 Å². The smallest absolute Gasteiger partial charge is 0.344 e. The predicted molar refractivity (Wildman–Crippen MR) is 66.8 cm³/mol. The van der Waals surface area contributed by atoms with Crippen LogP contribution in [0.2, 0.25) is 5.02 Å². The van der Waals surface area contributed by atoms with E-state index in [9.17, 15) is 4.79 Å². The molecule has 0 aliphatic carbocycles. The zero-order chi connectivity index (χ0) is 13.8. The number of nitrogens with zero attached hydrogens (tertiary/aromatic N) is 4. The zero-order valence-electron chi connectivity index (χ0n) is 10.3. The molecule has 2 rings (SSSR count). The van der Waals surface area contributed by atoms with Crippen LogP contribution in [-0.4, -0.2) is 39.4 Å². The minimum atomic E-state index is -0.509. The number of carbonyl (C=O) groups is 1. The van der Waals surface area contributed by atoms with Gasteiger partial charge in [0.1, 0.15) is 5.69 Å². The normalized spacial score (nSPS) is 10.3. The minimum absolute atomic E-state index is 0.0598. The van der Waals surface area contributed by atoms with Crippen molar-refractivity contribution in [2.45, 2.75) is 0 Å². The molecule has 2 aromatic rings. The Morgan fingerprint density at radius 2 is 2.32 bits per heavy atom. The minimum Gasteiger partial charge on any atom is -0.466 e. The second kappa shape index (κ2) is 5.66. The zero-order valence-corrected chi connectivity index (χ0v) is 11.1. The lowest BCUT2D eigenvalue weighted by molar-refractivity contribution is -0.143. The van der Waals surface area contributed by atoms with E-state index in [2.05, 4.69) is 19.8 Å². The van der Waals surface area contributed by atoms with E-state index in [1.54, 1.807) is 25.4 Å². The Balaban J connectivity index is 2.22. The highest BCUT2D eigenvalue weighted by atomic mass is 35.5. The van der Waals surface area contributed by atoms with Crippen LogP contribution in [-0.2, 0) is 16.6 Å². The number of hydrogen-bond donors (Lipinski definition) is 0. The average Bonchev–Trinajstić information content (AvgIpc) is 2.77. The van der Waals surface area contributed by atoms with Gasteiger partial charge in [-0.25, -0.2) is 9.48 Å². The number of methoxy groups -OCH3 is 1. The molecular formula is C11H11ClN4O3. The van der Waals surface area contributed by atoms with Crippen LogP contribution in [0.25, 0.3) is 11.5 Å². The fourth-order valence-electron chi connectivity index (χ4n) is 1.36. The highest BCUT2D eigenvalue weighted by molar-refractivity contribution is 6.32. The molecule has 2 heterocycles. The van der Waals surface area contributed by atoms with Gasteiger partial charge in [-0.15, -0.1) is 5.10 Å². The maximum absolute atomic E-state index is 11.0. The Kier molecular flexibility index (Phi) is 3.96. The molecule has 0 aliphatic rings. The number of pyridine rings is 1. The summed E-state index contributed by atoms with van der Waals surface area (Å²) >= 11 is 6.03. The standard InChI is InChI=1S/C11H11ClN4O3/c1-16-10(9-7(12)4-3-5-13-9)14-11(15-16)19-6-8(17)18-2/h3-5H,6H2,1-2H3. The number of ether oxygens (including phenoxy) is 2. The monoisotopic (exact) mass is 282 g/mol. The SMILES string of the molecule is COC(=O)COc1nc(-c2ncccc2Cl)n(C)n1. The lowest BCUT2D eigenvalue weighted by Crippen LogP contribution is -2.13. The van der Waals surface area contributed by atoms with Crippen LogP contribution >= 0.6 is 11.6 Å². The van der Waals surface area contributed by atoms with Crippen LogP contribution in [0.3, 0.4) is 0 Å². The van der Waals surface area contributed by atoms with Gasteiger partial charge in [0.2, 0.25) is 0 Å². The van der Waals surface area contributed by atoms with Crippen LogP contribution in [0.15, 0.2) is 18.3 Å². The van der Waals surface area contributed by atoms with E-state index in [1.165, 1.54) is 11.8 Å². The Morgan fingerprint density at radius 3 is 3.00 bits per heavy atom. The second-order valence-electron chi connectivity index (χ2n) is 3.54. The first-order valence-electron chi connectivity index (χ1n) is 5.33. The quantitative estimate of drug-likeness (QED) is 0.781. The lowest BCUT2D eigenvalue weighted by atomic mass is 10.3. The number of hydrogen-bond acceptors (Lipinski definition) is 6. The summed E-state index contributed by atoms with van der Waals surface area (Å²) in [5.74, 6) is -0.0599. The fourth-order valence-corrected chi connectivity index (χ4v) is 1.57. The van der Waals surface area contributed by atoms with Gasteiger partial charge in [0.05, 0.1) is 12.1 Å². The van der Waals surface area contributed by atoms with Crippen molar-refractivity contribution >= 4 is 17.6 Å². The van der Waals surface area contributed by atoms with E-state index in [1.807, 2.05) is 0 Å². The van der Waals surface area contributed by atoms with E-state index >= 15 is 0 Å². The lowest BCUT2D eigenvalue weighted by Gasteiger charge is -2.00. The van der Waals surface area contributed by atoms with Crippen molar-refractivity contribution in [2.24, 2.45) is 7.05 Å². The molecule has 0 spiro atoms. The number of carbonyl (C=O) groups excluding carboxylic acids is 1. The summed E-state index contributed by atoms with van der Waals surface area (Å²) in [6.07, 6.45) is 1.60. The highest BCUT2D eigenvalue weighted by Crippen LogP contribution is 2.24. The number of esters is 1. The van der Waals surface area contributed by atoms with Crippen LogP contribution in [0.1, 0.15) is 0 Å². The molecule has 8 heteroatoms.